The van der Waals surface area contributed by atoms with Crippen LogP contribution in [0, 0.1) is 11.7 Å². The Labute approximate surface area is 266 Å². The van der Waals surface area contributed by atoms with E-state index in [1.807, 2.05) is 30.3 Å². The highest BCUT2D eigenvalue weighted by atomic mass is 32.2. The first-order chi connectivity index (χ1) is 21.8. The van der Waals surface area contributed by atoms with Crippen LogP contribution in [0.4, 0.5) is 9.18 Å². The Morgan fingerprint density at radius 1 is 0.978 bits per heavy atom. The molecular weight excluding hydrogens is 619 g/mol. The molecule has 0 aromatic heterocycles. The number of halogens is 1. The van der Waals surface area contributed by atoms with Gasteiger partial charge in [-0.05, 0) is 47.5 Å². The lowest BCUT2D eigenvalue weighted by Gasteiger charge is -2.48. The van der Waals surface area contributed by atoms with Crippen molar-refractivity contribution in [1.29, 1.82) is 0 Å². The molecule has 11 nitrogen and oxygen atoms in total. The van der Waals surface area contributed by atoms with E-state index in [1.165, 1.54) is 54.6 Å². The Balaban J connectivity index is 1.35. The third-order valence-corrected chi connectivity index (χ3v) is 9.54. The van der Waals surface area contributed by atoms with Crippen LogP contribution >= 0.6 is 0 Å². The van der Waals surface area contributed by atoms with Crippen molar-refractivity contribution in [1.82, 2.24) is 9.21 Å². The molecule has 1 amide bonds. The molecule has 244 valence electrons. The normalized spacial score (nSPS) is 20.0. The van der Waals surface area contributed by atoms with Gasteiger partial charge in [-0.15, -0.1) is 0 Å². The fourth-order valence-electron chi connectivity index (χ4n) is 5.55. The number of carbonyl (C=O) groups excluding carboxylic acids is 3. The van der Waals surface area contributed by atoms with E-state index in [0.29, 0.717) is 11.3 Å². The van der Waals surface area contributed by atoms with Crippen LogP contribution in [0.5, 0.6) is 5.75 Å². The maximum atomic E-state index is 13.8. The van der Waals surface area contributed by atoms with Crippen LogP contribution in [0.1, 0.15) is 38.8 Å². The maximum absolute atomic E-state index is 13.8. The minimum atomic E-state index is -4.01. The van der Waals surface area contributed by atoms with Gasteiger partial charge in [-0.3, -0.25) is 9.69 Å². The van der Waals surface area contributed by atoms with Gasteiger partial charge < -0.3 is 18.9 Å². The molecule has 2 unspecified atom stereocenters. The Bertz CT molecular complexity index is 1690. The molecule has 0 radical (unpaired) electrons. The third kappa shape index (κ3) is 6.85. The number of hydrogen-bond donors (Lipinski definition) is 0. The molecule has 3 atom stereocenters. The summed E-state index contributed by atoms with van der Waals surface area (Å²) >= 11 is 0. The van der Waals surface area contributed by atoms with Crippen LogP contribution < -0.4 is 4.74 Å². The lowest BCUT2D eigenvalue weighted by atomic mass is 9.87. The summed E-state index contributed by atoms with van der Waals surface area (Å²) in [5.41, 5.74) is 0.248. The number of carbonyl (C=O) groups is 3. The molecule has 0 bridgehead atoms. The predicted molar refractivity (Wildman–Crippen MR) is 162 cm³/mol. The number of ether oxygens (including phenoxy) is 4. The summed E-state index contributed by atoms with van der Waals surface area (Å²) in [5, 5.41) is 0. The molecule has 0 spiro atoms. The topological polar surface area (TPSA) is 129 Å². The molecule has 3 aromatic rings. The van der Waals surface area contributed by atoms with E-state index >= 15 is 0 Å². The van der Waals surface area contributed by atoms with Crippen molar-refractivity contribution in [3.63, 3.8) is 0 Å². The smallest absolute Gasteiger partial charge is 0.416 e. The molecule has 3 aromatic carbocycles. The number of nitrogens with zero attached hydrogens (tertiary/aromatic N) is 2. The highest BCUT2D eigenvalue weighted by Crippen LogP contribution is 2.40. The van der Waals surface area contributed by atoms with Crippen LogP contribution in [0.15, 0.2) is 83.8 Å². The number of rotatable bonds is 10. The van der Waals surface area contributed by atoms with Crippen molar-refractivity contribution >= 4 is 28.1 Å². The Morgan fingerprint density at radius 2 is 1.65 bits per heavy atom. The van der Waals surface area contributed by atoms with Gasteiger partial charge in [-0.1, -0.05) is 56.3 Å². The number of esters is 2. The average Bonchev–Trinajstić information content (AvgIpc) is 3.31. The first-order valence-electron chi connectivity index (χ1n) is 14.7. The number of hydrogen-bond acceptors (Lipinski definition) is 9. The van der Waals surface area contributed by atoms with Crippen LogP contribution in [0.25, 0.3) is 0 Å². The van der Waals surface area contributed by atoms with Crippen molar-refractivity contribution in [2.45, 2.75) is 63.2 Å². The van der Waals surface area contributed by atoms with Gasteiger partial charge in [0.05, 0.1) is 18.0 Å². The van der Waals surface area contributed by atoms with Gasteiger partial charge in [0.2, 0.25) is 16.3 Å². The second-order valence-electron chi connectivity index (χ2n) is 11.6. The third-order valence-electron chi connectivity index (χ3n) is 7.75. The summed E-state index contributed by atoms with van der Waals surface area (Å²) < 4.78 is 64.4. The summed E-state index contributed by atoms with van der Waals surface area (Å²) in [6.07, 6.45) is -3.10. The van der Waals surface area contributed by atoms with E-state index in [1.54, 1.807) is 26.0 Å². The number of benzene rings is 3. The lowest BCUT2D eigenvalue weighted by molar-refractivity contribution is -0.164. The van der Waals surface area contributed by atoms with Gasteiger partial charge >= 0.3 is 18.0 Å². The van der Waals surface area contributed by atoms with Crippen LogP contribution in [-0.2, 0) is 45.8 Å². The Hall–Kier alpha value is -4.49. The average molecular weight is 655 g/mol. The standard InChI is InChI=1S/C33H35FN2O9S/c1-21(2)30-36(32(39)43-23(4)42-22(3)37)29(31(38)44-30)18-24-9-8-12-28(17-24)46(40,41)35-19-33(20-35,25-10-6-5-7-11-25)45-27-15-13-26(34)14-16-27/h5-17,21,23,29-30H,18-20H2,1-4H3/t23?,29-,30?/m0/s1. The van der Waals surface area contributed by atoms with Gasteiger partial charge in [-0.25, -0.2) is 22.4 Å². The summed E-state index contributed by atoms with van der Waals surface area (Å²) in [4.78, 5) is 38.6. The fraction of sp³-hybridized carbons (Fsp3) is 0.364. The second-order valence-corrected chi connectivity index (χ2v) is 13.5. The van der Waals surface area contributed by atoms with Crippen molar-refractivity contribution in [2.75, 3.05) is 13.1 Å². The van der Waals surface area contributed by atoms with E-state index < -0.39 is 58.0 Å². The molecule has 0 aliphatic carbocycles. The highest BCUT2D eigenvalue weighted by molar-refractivity contribution is 7.89. The van der Waals surface area contributed by atoms with Crippen molar-refractivity contribution < 1.29 is 46.1 Å². The minimum absolute atomic E-state index is 0.00201. The zero-order valence-corrected chi connectivity index (χ0v) is 26.6. The zero-order chi connectivity index (χ0) is 33.2. The zero-order valence-electron chi connectivity index (χ0n) is 25.8. The van der Waals surface area contributed by atoms with E-state index in [9.17, 15) is 27.2 Å². The first-order valence-corrected chi connectivity index (χ1v) is 16.2. The van der Waals surface area contributed by atoms with E-state index in [-0.39, 0.29) is 30.3 Å². The molecule has 5 rings (SSSR count). The quantitative estimate of drug-likeness (QED) is 0.228. The molecule has 0 saturated carbocycles. The molecule has 2 heterocycles. The van der Waals surface area contributed by atoms with Crippen molar-refractivity contribution in [3.05, 3.63) is 95.8 Å². The first kappa shape index (κ1) is 32.9. The molecule has 2 fully saturated rings. The van der Waals surface area contributed by atoms with Gasteiger partial charge in [-0.2, -0.15) is 4.31 Å². The van der Waals surface area contributed by atoms with E-state index in [4.69, 9.17) is 18.9 Å². The lowest BCUT2D eigenvalue weighted by Crippen LogP contribution is -2.64. The molecule has 2 saturated heterocycles. The van der Waals surface area contributed by atoms with Gasteiger partial charge in [0, 0.05) is 26.2 Å². The highest BCUT2D eigenvalue weighted by Gasteiger charge is 2.52. The van der Waals surface area contributed by atoms with Crippen molar-refractivity contribution in [3.8, 4) is 5.75 Å². The largest absolute Gasteiger partial charge is 0.480 e. The minimum Gasteiger partial charge on any atom is -0.480 e. The Kier molecular flexibility index (Phi) is 9.36. The maximum Gasteiger partial charge on any atom is 0.416 e. The summed E-state index contributed by atoms with van der Waals surface area (Å²) in [6.45, 7) is 6.10. The Morgan fingerprint density at radius 3 is 2.28 bits per heavy atom. The van der Waals surface area contributed by atoms with Gasteiger partial charge in [0.25, 0.3) is 0 Å². The monoisotopic (exact) mass is 654 g/mol. The number of amides is 1. The second kappa shape index (κ2) is 13.1. The SMILES string of the molecule is CC(=O)OC(C)OC(=O)N1C(C(C)C)OC(=O)[C@@H]1Cc1cccc(S(=O)(=O)N2CC(Oc3ccc(F)cc3)(c3ccccc3)C2)c1. The van der Waals surface area contributed by atoms with Gasteiger partial charge in [0.1, 0.15) is 17.6 Å². The summed E-state index contributed by atoms with van der Waals surface area (Å²) in [6, 6.07) is 19.8. The number of cyclic esters (lactones) is 1. The summed E-state index contributed by atoms with van der Waals surface area (Å²) in [7, 11) is -4.01. The molecule has 13 heteroatoms. The van der Waals surface area contributed by atoms with Crippen LogP contribution in [0.3, 0.4) is 0 Å². The predicted octanol–water partition coefficient (Wildman–Crippen LogP) is 4.60. The summed E-state index contributed by atoms with van der Waals surface area (Å²) in [5.74, 6) is -1.61. The van der Waals surface area contributed by atoms with Gasteiger partial charge in [0.15, 0.2) is 11.8 Å². The van der Waals surface area contributed by atoms with E-state index in [0.717, 1.165) is 10.5 Å². The molecular formula is C33H35FN2O9S. The number of sulfonamides is 1. The molecule has 46 heavy (non-hydrogen) atoms. The fourth-order valence-corrected chi connectivity index (χ4v) is 7.16. The van der Waals surface area contributed by atoms with Crippen molar-refractivity contribution in [2.24, 2.45) is 5.92 Å². The molecule has 0 N–H and O–H groups in total. The van der Waals surface area contributed by atoms with Crippen LogP contribution in [-0.4, -0.2) is 67.3 Å². The van der Waals surface area contributed by atoms with E-state index in [2.05, 4.69) is 0 Å². The molecule has 2 aliphatic rings. The molecule has 2 aliphatic heterocycles. The van der Waals surface area contributed by atoms with Crippen LogP contribution in [0.2, 0.25) is 0 Å².